The van der Waals surface area contributed by atoms with Crippen molar-refractivity contribution < 1.29 is 0 Å². The first-order chi connectivity index (χ1) is 11.0. The van der Waals surface area contributed by atoms with Crippen LogP contribution >= 0.6 is 105 Å². The van der Waals surface area contributed by atoms with Crippen molar-refractivity contribution in [3.8, 4) is 0 Å². The molecule has 0 radical (unpaired) electrons. The second kappa shape index (κ2) is 9.80. The van der Waals surface area contributed by atoms with Crippen LogP contribution < -0.4 is 0 Å². The zero-order valence-electron chi connectivity index (χ0n) is 11.2. The van der Waals surface area contributed by atoms with Crippen LogP contribution in [0.1, 0.15) is 0 Å². The van der Waals surface area contributed by atoms with Crippen LogP contribution in [-0.4, -0.2) is 10.4 Å². The lowest BCUT2D eigenvalue weighted by atomic mass is 10.3. The molecule has 9 heteroatoms. The third-order valence-electron chi connectivity index (χ3n) is 2.66. The van der Waals surface area contributed by atoms with Gasteiger partial charge in [0.2, 0.25) is 0 Å². The molecule has 124 valence electrons. The zero-order chi connectivity index (χ0) is 17.0. The van der Waals surface area contributed by atoms with E-state index >= 15 is 0 Å². The molecule has 0 N–H and O–H groups in total. The third-order valence-corrected chi connectivity index (χ3v) is 8.17. The lowest BCUT2D eigenvalue weighted by Crippen LogP contribution is -1.84. The maximum atomic E-state index is 6.35. The number of rotatable bonds is 6. The molecule has 0 unspecified atom stereocenters. The predicted octanol–water partition coefficient (Wildman–Crippen LogP) is 9.03. The Morgan fingerprint density at radius 3 is 1.22 bits per heavy atom. The van der Waals surface area contributed by atoms with Gasteiger partial charge in [-0.15, -0.1) is 46.7 Å². The van der Waals surface area contributed by atoms with Crippen molar-refractivity contribution in [1.82, 2.24) is 0 Å². The molecule has 0 aliphatic heterocycles. The summed E-state index contributed by atoms with van der Waals surface area (Å²) in [5, 5.41) is 2.72. The van der Waals surface area contributed by atoms with Crippen molar-refractivity contribution in [3.63, 3.8) is 0 Å². The van der Waals surface area contributed by atoms with Crippen LogP contribution in [-0.2, 0) is 0 Å². The predicted molar refractivity (Wildman–Crippen MR) is 110 cm³/mol. The molecule has 0 fully saturated rings. The second-order valence-corrected chi connectivity index (χ2v) is 9.79. The van der Waals surface area contributed by atoms with Gasteiger partial charge in [-0.25, -0.2) is 0 Å². The van der Waals surface area contributed by atoms with E-state index in [9.17, 15) is 0 Å². The standard InChI is InChI=1S/C14H8Cl6S3/c15-5-21-7-1-3-9(13(19)11(7)17)23-10-4-2-8(22-6-16)12(18)14(10)20/h1-4H,5-6H2. The van der Waals surface area contributed by atoms with Crippen LogP contribution in [0.25, 0.3) is 0 Å². The molecule has 0 aromatic heterocycles. The van der Waals surface area contributed by atoms with Gasteiger partial charge < -0.3 is 0 Å². The summed E-state index contributed by atoms with van der Waals surface area (Å²) in [5.41, 5.74) is 0. The van der Waals surface area contributed by atoms with Crippen molar-refractivity contribution in [1.29, 1.82) is 0 Å². The molecular weight excluding hydrogens is 477 g/mol. The third kappa shape index (κ3) is 5.12. The van der Waals surface area contributed by atoms with Crippen LogP contribution in [0, 0.1) is 0 Å². The van der Waals surface area contributed by atoms with Gasteiger partial charge in [0, 0.05) is 19.6 Å². The summed E-state index contributed by atoms with van der Waals surface area (Å²) in [5.74, 6) is 0. The molecule has 0 saturated carbocycles. The molecule has 23 heavy (non-hydrogen) atoms. The first-order valence-corrected chi connectivity index (χ1v) is 11.4. The molecule has 0 spiro atoms. The molecule has 2 aromatic rings. The minimum absolute atomic E-state index is 0.406. The van der Waals surface area contributed by atoms with Gasteiger partial charge in [0.05, 0.1) is 30.5 Å². The van der Waals surface area contributed by atoms with Gasteiger partial charge in [-0.3, -0.25) is 0 Å². The van der Waals surface area contributed by atoms with Crippen molar-refractivity contribution >= 4 is 105 Å². The van der Waals surface area contributed by atoms with Crippen LogP contribution in [0.3, 0.4) is 0 Å². The Hall–Kier alpha value is 1.23. The SMILES string of the molecule is ClCSc1ccc(Sc2ccc(SCCl)c(Cl)c2Cl)c(Cl)c1Cl. The summed E-state index contributed by atoms with van der Waals surface area (Å²) in [6.07, 6.45) is 0. The lowest BCUT2D eigenvalue weighted by molar-refractivity contribution is 1.32. The van der Waals surface area contributed by atoms with Crippen LogP contribution in [0.5, 0.6) is 0 Å². The van der Waals surface area contributed by atoms with Crippen molar-refractivity contribution in [3.05, 3.63) is 44.4 Å². The molecule has 2 aromatic carbocycles. The summed E-state index contributed by atoms with van der Waals surface area (Å²) >= 11 is 40.9. The summed E-state index contributed by atoms with van der Waals surface area (Å²) < 4.78 is 0. The van der Waals surface area contributed by atoms with E-state index in [1.807, 2.05) is 24.3 Å². The average molecular weight is 485 g/mol. The van der Waals surface area contributed by atoms with Crippen LogP contribution in [0.15, 0.2) is 43.8 Å². The maximum Gasteiger partial charge on any atom is 0.0743 e. The Kier molecular flexibility index (Phi) is 8.75. The summed E-state index contributed by atoms with van der Waals surface area (Å²) in [7, 11) is 0. The number of thioether (sulfide) groups is 2. The van der Waals surface area contributed by atoms with Gasteiger partial charge in [-0.1, -0.05) is 58.2 Å². The highest BCUT2D eigenvalue weighted by atomic mass is 35.5. The minimum atomic E-state index is 0.406. The molecule has 0 aliphatic rings. The summed E-state index contributed by atoms with van der Waals surface area (Å²) in [6, 6.07) is 7.55. The summed E-state index contributed by atoms with van der Waals surface area (Å²) in [4.78, 5) is 3.28. The van der Waals surface area contributed by atoms with E-state index in [1.165, 1.54) is 35.3 Å². The highest BCUT2D eigenvalue weighted by molar-refractivity contribution is 8.01. The van der Waals surface area contributed by atoms with Gasteiger partial charge in [0.15, 0.2) is 0 Å². The molecule has 0 aliphatic carbocycles. The number of hydrogen-bond donors (Lipinski definition) is 0. The van der Waals surface area contributed by atoms with Crippen molar-refractivity contribution in [2.24, 2.45) is 0 Å². The zero-order valence-corrected chi connectivity index (χ0v) is 18.2. The van der Waals surface area contributed by atoms with E-state index in [2.05, 4.69) is 0 Å². The normalized spacial score (nSPS) is 11.0. The van der Waals surface area contributed by atoms with E-state index in [-0.39, 0.29) is 0 Å². The fraction of sp³-hybridized carbons (Fsp3) is 0.143. The molecular formula is C14H8Cl6S3. The second-order valence-electron chi connectivity index (χ2n) is 3.99. The van der Waals surface area contributed by atoms with Gasteiger partial charge >= 0.3 is 0 Å². The Bertz CT molecular complexity index is 648. The molecule has 0 heterocycles. The monoisotopic (exact) mass is 482 g/mol. The first kappa shape index (κ1) is 20.5. The van der Waals surface area contributed by atoms with Gasteiger partial charge in [0.1, 0.15) is 0 Å². The lowest BCUT2D eigenvalue weighted by Gasteiger charge is -2.12. The van der Waals surface area contributed by atoms with E-state index in [4.69, 9.17) is 69.6 Å². The fourth-order valence-corrected chi connectivity index (χ4v) is 5.71. The van der Waals surface area contributed by atoms with E-state index in [0.29, 0.717) is 30.5 Å². The summed E-state index contributed by atoms with van der Waals surface area (Å²) in [6.45, 7) is 0. The number of benzene rings is 2. The molecule has 0 bridgehead atoms. The smallest absolute Gasteiger partial charge is 0.0743 e. The Morgan fingerprint density at radius 2 is 0.870 bits per heavy atom. The molecule has 0 atom stereocenters. The molecule has 2 rings (SSSR count). The number of hydrogen-bond acceptors (Lipinski definition) is 3. The van der Waals surface area contributed by atoms with E-state index in [0.717, 1.165) is 19.6 Å². The highest BCUT2D eigenvalue weighted by Crippen LogP contribution is 2.46. The van der Waals surface area contributed by atoms with Crippen LogP contribution in [0.2, 0.25) is 20.1 Å². The Balaban J connectivity index is 2.33. The average Bonchev–Trinajstić information content (AvgIpc) is 2.54. The number of halogens is 6. The first-order valence-electron chi connectivity index (χ1n) is 6.01. The molecule has 0 amide bonds. The Labute approximate surface area is 177 Å². The Morgan fingerprint density at radius 1 is 0.565 bits per heavy atom. The molecule has 0 saturated heterocycles. The quantitative estimate of drug-likeness (QED) is 0.296. The molecule has 0 nitrogen and oxygen atoms in total. The minimum Gasteiger partial charge on any atom is -0.114 e. The van der Waals surface area contributed by atoms with Crippen LogP contribution in [0.4, 0.5) is 0 Å². The number of alkyl halides is 2. The van der Waals surface area contributed by atoms with Gasteiger partial charge in [0.25, 0.3) is 0 Å². The fourth-order valence-electron chi connectivity index (χ4n) is 1.64. The van der Waals surface area contributed by atoms with E-state index < -0.39 is 0 Å². The van der Waals surface area contributed by atoms with E-state index in [1.54, 1.807) is 0 Å². The largest absolute Gasteiger partial charge is 0.114 e. The van der Waals surface area contributed by atoms with Gasteiger partial charge in [-0.05, 0) is 24.3 Å². The van der Waals surface area contributed by atoms with Crippen molar-refractivity contribution in [2.45, 2.75) is 19.6 Å². The highest BCUT2D eigenvalue weighted by Gasteiger charge is 2.15. The van der Waals surface area contributed by atoms with Crippen molar-refractivity contribution in [2.75, 3.05) is 10.4 Å². The van der Waals surface area contributed by atoms with Gasteiger partial charge in [-0.2, -0.15) is 0 Å². The topological polar surface area (TPSA) is 0 Å². The maximum absolute atomic E-state index is 6.35.